The lowest BCUT2D eigenvalue weighted by Crippen LogP contribution is -2.29. The fourth-order valence-electron chi connectivity index (χ4n) is 3.45. The topological polar surface area (TPSA) is 59.2 Å². The lowest BCUT2D eigenvalue weighted by Gasteiger charge is -2.21. The van der Waals surface area contributed by atoms with E-state index in [9.17, 15) is 9.18 Å². The van der Waals surface area contributed by atoms with Crippen LogP contribution in [0.1, 0.15) is 36.6 Å². The predicted octanol–water partition coefficient (Wildman–Crippen LogP) is 4.00. The molecule has 0 N–H and O–H groups in total. The molecule has 1 aliphatic rings. The molecule has 1 aliphatic heterocycles. The monoisotopic (exact) mass is 365 g/mol. The Morgan fingerprint density at radius 2 is 1.93 bits per heavy atom. The van der Waals surface area contributed by atoms with Crippen molar-refractivity contribution >= 4 is 5.91 Å². The molecule has 0 bridgehead atoms. The molecule has 0 radical (unpaired) electrons. The summed E-state index contributed by atoms with van der Waals surface area (Å²) in [7, 11) is 0. The van der Waals surface area contributed by atoms with E-state index in [1.165, 1.54) is 17.7 Å². The zero-order valence-corrected chi connectivity index (χ0v) is 15.0. The van der Waals surface area contributed by atoms with Crippen molar-refractivity contribution in [1.82, 2.24) is 15.0 Å². The van der Waals surface area contributed by atoms with Gasteiger partial charge in [0, 0.05) is 31.0 Å². The first-order valence-electron chi connectivity index (χ1n) is 9.02. The van der Waals surface area contributed by atoms with E-state index in [2.05, 4.69) is 29.2 Å². The van der Waals surface area contributed by atoms with Crippen LogP contribution in [0.4, 0.5) is 4.39 Å². The molecule has 2 unspecified atom stereocenters. The zero-order chi connectivity index (χ0) is 18.8. The maximum Gasteiger partial charge on any atom is 0.257 e. The van der Waals surface area contributed by atoms with Gasteiger partial charge in [-0.15, -0.1) is 0 Å². The van der Waals surface area contributed by atoms with Gasteiger partial charge >= 0.3 is 0 Å². The molecule has 3 aromatic rings. The molecule has 1 aromatic heterocycles. The van der Waals surface area contributed by atoms with E-state index in [1.54, 1.807) is 12.1 Å². The van der Waals surface area contributed by atoms with Crippen molar-refractivity contribution in [2.45, 2.75) is 25.2 Å². The minimum Gasteiger partial charge on any atom is -0.341 e. The highest BCUT2D eigenvalue weighted by atomic mass is 19.1. The average molecular weight is 365 g/mol. The minimum absolute atomic E-state index is 0.0848. The normalized spacial score (nSPS) is 18.1. The van der Waals surface area contributed by atoms with Crippen molar-refractivity contribution in [3.63, 3.8) is 0 Å². The second-order valence-corrected chi connectivity index (χ2v) is 6.98. The largest absolute Gasteiger partial charge is 0.341 e. The van der Waals surface area contributed by atoms with Crippen LogP contribution in [0.5, 0.6) is 0 Å². The Kier molecular flexibility index (Phi) is 4.71. The van der Waals surface area contributed by atoms with Gasteiger partial charge in [0.15, 0.2) is 5.82 Å². The summed E-state index contributed by atoms with van der Waals surface area (Å²) >= 11 is 0. The molecular formula is C21H20FN3O2. The van der Waals surface area contributed by atoms with Gasteiger partial charge in [-0.1, -0.05) is 42.4 Å². The van der Waals surface area contributed by atoms with Crippen molar-refractivity contribution in [1.29, 1.82) is 0 Å². The number of benzene rings is 2. The van der Waals surface area contributed by atoms with Gasteiger partial charge in [0.2, 0.25) is 5.91 Å². The average Bonchev–Trinajstić information content (AvgIpc) is 3.30. The SMILES string of the molecule is CC(CN1CC(c2noc(-c3ccc(F)cc3)n2)CC1=O)c1ccccc1. The van der Waals surface area contributed by atoms with E-state index in [-0.39, 0.29) is 23.6 Å². The molecule has 4 rings (SSSR count). The number of carbonyl (C=O) groups is 1. The standard InChI is InChI=1S/C21H20FN3O2/c1-14(15-5-3-2-4-6-15)12-25-13-17(11-19(25)26)20-23-21(27-24-20)16-7-9-18(22)10-8-16/h2-10,14,17H,11-13H2,1H3. The first-order chi connectivity index (χ1) is 13.1. The van der Waals surface area contributed by atoms with Gasteiger partial charge in [0.1, 0.15) is 5.82 Å². The summed E-state index contributed by atoms with van der Waals surface area (Å²) in [6, 6.07) is 16.1. The highest BCUT2D eigenvalue weighted by Crippen LogP contribution is 2.30. The Labute approximate surface area is 156 Å². The Morgan fingerprint density at radius 1 is 1.19 bits per heavy atom. The van der Waals surface area contributed by atoms with E-state index in [4.69, 9.17) is 4.52 Å². The molecule has 6 heteroatoms. The van der Waals surface area contributed by atoms with Gasteiger partial charge in [-0.05, 0) is 35.7 Å². The first kappa shape index (κ1) is 17.4. The van der Waals surface area contributed by atoms with Crippen molar-refractivity contribution < 1.29 is 13.7 Å². The summed E-state index contributed by atoms with van der Waals surface area (Å²) in [5.41, 5.74) is 1.88. The van der Waals surface area contributed by atoms with Gasteiger partial charge in [-0.3, -0.25) is 4.79 Å². The first-order valence-corrected chi connectivity index (χ1v) is 9.02. The summed E-state index contributed by atoms with van der Waals surface area (Å²) in [6.45, 7) is 3.37. The number of aromatic nitrogens is 2. The third kappa shape index (κ3) is 3.74. The number of carbonyl (C=O) groups excluding carboxylic acids is 1. The van der Waals surface area contributed by atoms with Gasteiger partial charge < -0.3 is 9.42 Å². The van der Waals surface area contributed by atoms with Crippen LogP contribution in [0, 0.1) is 5.82 Å². The fourth-order valence-corrected chi connectivity index (χ4v) is 3.45. The number of nitrogens with zero attached hydrogens (tertiary/aromatic N) is 3. The third-order valence-corrected chi connectivity index (χ3v) is 4.98. The molecule has 0 saturated carbocycles. The van der Waals surface area contributed by atoms with E-state index in [0.717, 1.165) is 0 Å². The second kappa shape index (κ2) is 7.31. The Hall–Kier alpha value is -3.02. The number of amides is 1. The van der Waals surface area contributed by atoms with Crippen molar-refractivity contribution in [2.75, 3.05) is 13.1 Å². The quantitative estimate of drug-likeness (QED) is 0.686. The van der Waals surface area contributed by atoms with Crippen molar-refractivity contribution in [2.24, 2.45) is 0 Å². The Balaban J connectivity index is 1.44. The Morgan fingerprint density at radius 3 is 2.67 bits per heavy atom. The van der Waals surface area contributed by atoms with Crippen LogP contribution in [-0.4, -0.2) is 34.0 Å². The van der Waals surface area contributed by atoms with Gasteiger partial charge in [-0.25, -0.2) is 4.39 Å². The maximum absolute atomic E-state index is 13.1. The lowest BCUT2D eigenvalue weighted by atomic mass is 10.0. The third-order valence-electron chi connectivity index (χ3n) is 4.98. The van der Waals surface area contributed by atoms with E-state index in [1.807, 2.05) is 23.1 Å². The van der Waals surface area contributed by atoms with Crippen molar-refractivity contribution in [3.8, 4) is 11.5 Å². The number of hydrogen-bond donors (Lipinski definition) is 0. The molecule has 138 valence electrons. The van der Waals surface area contributed by atoms with Crippen LogP contribution < -0.4 is 0 Å². The molecule has 2 aromatic carbocycles. The van der Waals surface area contributed by atoms with Gasteiger partial charge in [-0.2, -0.15) is 4.98 Å². The zero-order valence-electron chi connectivity index (χ0n) is 15.0. The molecule has 5 nitrogen and oxygen atoms in total. The minimum atomic E-state index is -0.317. The highest BCUT2D eigenvalue weighted by Gasteiger charge is 2.34. The summed E-state index contributed by atoms with van der Waals surface area (Å²) in [6.07, 6.45) is 0.379. The molecule has 2 atom stereocenters. The van der Waals surface area contributed by atoms with E-state index in [0.29, 0.717) is 36.8 Å². The summed E-state index contributed by atoms with van der Waals surface area (Å²) in [5.74, 6) is 0.831. The molecule has 2 heterocycles. The fraction of sp³-hybridized carbons (Fsp3) is 0.286. The number of halogens is 1. The van der Waals surface area contributed by atoms with Gasteiger partial charge in [0.05, 0.1) is 0 Å². The van der Waals surface area contributed by atoms with Gasteiger partial charge in [0.25, 0.3) is 5.89 Å². The maximum atomic E-state index is 13.1. The van der Waals surface area contributed by atoms with Crippen LogP contribution in [0.3, 0.4) is 0 Å². The molecule has 0 spiro atoms. The van der Waals surface area contributed by atoms with E-state index >= 15 is 0 Å². The van der Waals surface area contributed by atoms with Crippen molar-refractivity contribution in [3.05, 3.63) is 71.8 Å². The molecule has 1 amide bonds. The predicted molar refractivity (Wildman–Crippen MR) is 98.5 cm³/mol. The molecule has 0 aliphatic carbocycles. The lowest BCUT2D eigenvalue weighted by molar-refractivity contribution is -0.127. The number of rotatable bonds is 5. The van der Waals surface area contributed by atoms with Crippen LogP contribution in [0.15, 0.2) is 59.1 Å². The molecule has 1 saturated heterocycles. The molecule has 27 heavy (non-hydrogen) atoms. The molecule has 1 fully saturated rings. The smallest absolute Gasteiger partial charge is 0.257 e. The second-order valence-electron chi connectivity index (χ2n) is 6.98. The van der Waals surface area contributed by atoms with Crippen LogP contribution in [0.2, 0.25) is 0 Å². The van der Waals surface area contributed by atoms with E-state index < -0.39 is 0 Å². The summed E-state index contributed by atoms with van der Waals surface area (Å²) in [5, 5.41) is 4.04. The van der Waals surface area contributed by atoms with Crippen LogP contribution >= 0.6 is 0 Å². The summed E-state index contributed by atoms with van der Waals surface area (Å²) in [4.78, 5) is 18.7. The highest BCUT2D eigenvalue weighted by molar-refractivity contribution is 5.79. The number of likely N-dealkylation sites (tertiary alicyclic amines) is 1. The Bertz CT molecular complexity index is 924. The number of hydrogen-bond acceptors (Lipinski definition) is 4. The van der Waals surface area contributed by atoms with Crippen LogP contribution in [0.25, 0.3) is 11.5 Å². The van der Waals surface area contributed by atoms with Crippen LogP contribution in [-0.2, 0) is 4.79 Å². The molecular weight excluding hydrogens is 345 g/mol. The summed E-state index contributed by atoms with van der Waals surface area (Å²) < 4.78 is 18.4.